The van der Waals surface area contributed by atoms with Crippen LogP contribution < -0.4 is 15.0 Å². The van der Waals surface area contributed by atoms with Crippen LogP contribution in [-0.4, -0.2) is 38.6 Å². The smallest absolute Gasteiger partial charge is 0.416 e. The summed E-state index contributed by atoms with van der Waals surface area (Å²) in [6.07, 6.45) is -11.5. The molecule has 0 fully saturated rings. The molecule has 1 N–H and O–H groups in total. The van der Waals surface area contributed by atoms with Gasteiger partial charge in [-0.05, 0) is 62.2 Å². The van der Waals surface area contributed by atoms with Gasteiger partial charge in [-0.15, -0.1) is 0 Å². The lowest BCUT2D eigenvalue weighted by Gasteiger charge is -2.38. The maximum Gasteiger partial charge on any atom is 0.416 e. The van der Waals surface area contributed by atoms with Gasteiger partial charge in [0.25, 0.3) is 0 Å². The molecule has 2 aromatic carbocycles. The van der Waals surface area contributed by atoms with E-state index in [-0.39, 0.29) is 37.1 Å². The van der Waals surface area contributed by atoms with E-state index in [2.05, 4.69) is 5.32 Å². The zero-order chi connectivity index (χ0) is 28.3. The average molecular weight is 548 g/mol. The highest BCUT2D eigenvalue weighted by Gasteiger charge is 2.38. The van der Waals surface area contributed by atoms with E-state index in [0.717, 1.165) is 0 Å². The highest BCUT2D eigenvalue weighted by Crippen LogP contribution is 2.40. The second-order valence-corrected chi connectivity index (χ2v) is 8.58. The van der Waals surface area contributed by atoms with E-state index in [1.807, 2.05) is 0 Å². The van der Waals surface area contributed by atoms with E-state index in [4.69, 9.17) is 14.2 Å². The summed E-state index contributed by atoms with van der Waals surface area (Å²) in [4.78, 5) is 26.5. The van der Waals surface area contributed by atoms with Gasteiger partial charge in [0.15, 0.2) is 0 Å². The van der Waals surface area contributed by atoms with E-state index in [1.165, 1.54) is 12.0 Å². The SMILES string of the molecule is CCOC(=O)N1c2ccc(OC)cc2[C@@H](NC(=O)OCCc2cc(C(F)(F)F)cc(C(F)(F)F)c2)C[C@H]1C. The maximum absolute atomic E-state index is 13.1. The summed E-state index contributed by atoms with van der Waals surface area (Å²) in [5.41, 5.74) is -2.15. The van der Waals surface area contributed by atoms with Crippen molar-refractivity contribution in [1.82, 2.24) is 5.32 Å². The Bertz CT molecular complexity index is 1140. The summed E-state index contributed by atoms with van der Waals surface area (Å²) in [5, 5.41) is 2.65. The molecular weight excluding hydrogens is 522 g/mol. The number of alkyl halides is 6. The standard InChI is InChI=1S/C25H26F6N2O5/c1-4-37-23(35)33-14(2)9-20(19-13-18(36-3)5-6-21(19)33)32-22(34)38-8-7-15-10-16(24(26,27)28)12-17(11-15)25(29,30)31/h5-6,10-14,20H,4,7-9H2,1-3H3,(H,32,34)/t14-,20+/m1/s1. The molecule has 0 aromatic heterocycles. The van der Waals surface area contributed by atoms with Crippen molar-refractivity contribution in [2.45, 2.75) is 51.1 Å². The van der Waals surface area contributed by atoms with Gasteiger partial charge in [0, 0.05) is 18.0 Å². The molecular formula is C25H26F6N2O5. The number of carbonyl (C=O) groups is 2. The minimum atomic E-state index is -4.97. The van der Waals surface area contributed by atoms with Gasteiger partial charge in [-0.3, -0.25) is 4.90 Å². The Morgan fingerprint density at radius 3 is 2.18 bits per heavy atom. The number of halogens is 6. The predicted molar refractivity (Wildman–Crippen MR) is 124 cm³/mol. The summed E-state index contributed by atoms with van der Waals surface area (Å²) in [6.45, 7) is 3.13. The quantitative estimate of drug-likeness (QED) is 0.417. The highest BCUT2D eigenvalue weighted by molar-refractivity contribution is 5.90. The van der Waals surface area contributed by atoms with Crippen LogP contribution in [-0.2, 0) is 28.2 Å². The van der Waals surface area contributed by atoms with Gasteiger partial charge < -0.3 is 19.5 Å². The van der Waals surface area contributed by atoms with E-state index < -0.39 is 48.3 Å². The number of methoxy groups -OCH3 is 1. The molecule has 13 heteroatoms. The Morgan fingerprint density at radius 2 is 1.63 bits per heavy atom. The van der Waals surface area contributed by atoms with E-state index in [1.54, 1.807) is 32.0 Å². The van der Waals surface area contributed by atoms with Crippen LogP contribution in [0.5, 0.6) is 5.75 Å². The van der Waals surface area contributed by atoms with E-state index in [0.29, 0.717) is 29.1 Å². The van der Waals surface area contributed by atoms with Crippen molar-refractivity contribution in [3.8, 4) is 5.75 Å². The molecule has 1 aliphatic rings. The van der Waals surface area contributed by atoms with Crippen molar-refractivity contribution in [2.75, 3.05) is 25.2 Å². The zero-order valence-electron chi connectivity index (χ0n) is 20.7. The van der Waals surface area contributed by atoms with Gasteiger partial charge in [-0.2, -0.15) is 26.3 Å². The fourth-order valence-corrected chi connectivity index (χ4v) is 4.19. The first-order chi connectivity index (χ1) is 17.7. The molecule has 0 aliphatic carbocycles. The number of benzene rings is 2. The molecule has 2 amide bonds. The third-order valence-electron chi connectivity index (χ3n) is 5.92. The first kappa shape index (κ1) is 28.9. The molecule has 0 radical (unpaired) electrons. The van der Waals surface area contributed by atoms with Crippen molar-refractivity contribution in [3.63, 3.8) is 0 Å². The Kier molecular flexibility index (Phi) is 8.68. The van der Waals surface area contributed by atoms with Crippen molar-refractivity contribution in [3.05, 3.63) is 58.7 Å². The first-order valence-electron chi connectivity index (χ1n) is 11.6. The third-order valence-corrected chi connectivity index (χ3v) is 5.92. The number of nitrogens with zero attached hydrogens (tertiary/aromatic N) is 1. The van der Waals surface area contributed by atoms with Gasteiger partial charge >= 0.3 is 24.5 Å². The number of carbonyl (C=O) groups excluding carboxylic acids is 2. The predicted octanol–water partition coefficient (Wildman–Crippen LogP) is 6.50. The molecule has 3 rings (SSSR count). The molecule has 1 aliphatic heterocycles. The molecule has 2 aromatic rings. The van der Waals surface area contributed by atoms with E-state index in [9.17, 15) is 35.9 Å². The van der Waals surface area contributed by atoms with Crippen LogP contribution in [0.25, 0.3) is 0 Å². The summed E-state index contributed by atoms with van der Waals surface area (Å²) >= 11 is 0. The number of hydrogen-bond acceptors (Lipinski definition) is 5. The average Bonchev–Trinajstić information content (AvgIpc) is 2.82. The molecule has 0 unspecified atom stereocenters. The number of nitrogens with one attached hydrogen (secondary N) is 1. The molecule has 0 bridgehead atoms. The van der Waals surface area contributed by atoms with Crippen LogP contribution in [0.3, 0.4) is 0 Å². The monoisotopic (exact) mass is 548 g/mol. The maximum atomic E-state index is 13.1. The Labute approximate surface area is 214 Å². The topological polar surface area (TPSA) is 77.1 Å². The van der Waals surface area contributed by atoms with Gasteiger partial charge in [-0.25, -0.2) is 9.59 Å². The largest absolute Gasteiger partial charge is 0.497 e. The lowest BCUT2D eigenvalue weighted by Crippen LogP contribution is -2.46. The fraction of sp³-hybridized carbons (Fsp3) is 0.440. The van der Waals surface area contributed by atoms with Crippen LogP contribution in [0.2, 0.25) is 0 Å². The second kappa shape index (κ2) is 11.4. The lowest BCUT2D eigenvalue weighted by molar-refractivity contribution is -0.143. The van der Waals surface area contributed by atoms with Crippen molar-refractivity contribution < 1.29 is 50.1 Å². The van der Waals surface area contributed by atoms with Crippen LogP contribution in [0, 0.1) is 0 Å². The number of amides is 2. The van der Waals surface area contributed by atoms with Gasteiger partial charge in [0.1, 0.15) is 5.75 Å². The summed E-state index contributed by atoms with van der Waals surface area (Å²) in [7, 11) is 1.45. The van der Waals surface area contributed by atoms with E-state index >= 15 is 0 Å². The molecule has 208 valence electrons. The van der Waals surface area contributed by atoms with Gasteiger partial charge in [0.05, 0.1) is 43.2 Å². The highest BCUT2D eigenvalue weighted by atomic mass is 19.4. The number of alkyl carbamates (subject to hydrolysis) is 1. The van der Waals surface area contributed by atoms with Crippen LogP contribution >= 0.6 is 0 Å². The third kappa shape index (κ3) is 6.81. The zero-order valence-corrected chi connectivity index (χ0v) is 20.7. The summed E-state index contributed by atoms with van der Waals surface area (Å²) in [5.74, 6) is 0.465. The fourth-order valence-electron chi connectivity index (χ4n) is 4.19. The number of fused-ring (bicyclic) bond motifs is 1. The number of ether oxygens (including phenoxy) is 3. The molecule has 1 heterocycles. The Morgan fingerprint density at radius 1 is 1.00 bits per heavy atom. The number of rotatable bonds is 6. The lowest BCUT2D eigenvalue weighted by atomic mass is 9.92. The molecule has 0 saturated carbocycles. The molecule has 0 spiro atoms. The van der Waals surface area contributed by atoms with Crippen LogP contribution in [0.4, 0.5) is 41.6 Å². The molecule has 38 heavy (non-hydrogen) atoms. The van der Waals surface area contributed by atoms with Crippen molar-refractivity contribution >= 4 is 17.9 Å². The minimum Gasteiger partial charge on any atom is -0.497 e. The Balaban J connectivity index is 1.73. The van der Waals surface area contributed by atoms with Crippen molar-refractivity contribution in [2.24, 2.45) is 0 Å². The number of hydrogen-bond donors (Lipinski definition) is 1. The second-order valence-electron chi connectivity index (χ2n) is 8.58. The molecule has 7 nitrogen and oxygen atoms in total. The summed E-state index contributed by atoms with van der Waals surface area (Å²) < 4.78 is 93.9. The minimum absolute atomic E-state index is 0.0343. The van der Waals surface area contributed by atoms with Crippen LogP contribution in [0.1, 0.15) is 48.6 Å². The van der Waals surface area contributed by atoms with Gasteiger partial charge in [0.2, 0.25) is 0 Å². The van der Waals surface area contributed by atoms with Crippen molar-refractivity contribution in [1.29, 1.82) is 0 Å². The Hall–Kier alpha value is -3.64. The normalized spacial score (nSPS) is 17.4. The van der Waals surface area contributed by atoms with Gasteiger partial charge in [-0.1, -0.05) is 0 Å². The van der Waals surface area contributed by atoms with Crippen LogP contribution in [0.15, 0.2) is 36.4 Å². The summed E-state index contributed by atoms with van der Waals surface area (Å²) in [6, 6.07) is 5.13. The number of anilines is 1. The molecule has 0 saturated heterocycles. The molecule has 2 atom stereocenters. The first-order valence-corrected chi connectivity index (χ1v) is 11.6.